The second-order valence-electron chi connectivity index (χ2n) is 10.6. The van der Waals surface area contributed by atoms with Crippen LogP contribution in [-0.4, -0.2) is 98.3 Å². The lowest BCUT2D eigenvalue weighted by molar-refractivity contribution is -0.870. The largest absolute Gasteiger partial charge is 0.497 e. The number of benzene rings is 1. The molecule has 1 heterocycles. The SMILES string of the molecule is CCCCN(CCCC[N+](C)(C)C)C(=O)CN1CC(c2ccc(OC)cc2)C(C(=O)O)C1CC. The van der Waals surface area contributed by atoms with Crippen molar-refractivity contribution < 1.29 is 23.9 Å². The van der Waals surface area contributed by atoms with Crippen LogP contribution in [0, 0.1) is 5.92 Å². The third-order valence-corrected chi connectivity index (χ3v) is 6.98. The summed E-state index contributed by atoms with van der Waals surface area (Å²) >= 11 is 0. The number of likely N-dealkylation sites (tertiary alicyclic amines) is 1. The van der Waals surface area contributed by atoms with Crippen LogP contribution in [0.2, 0.25) is 0 Å². The zero-order chi connectivity index (χ0) is 25.3. The summed E-state index contributed by atoms with van der Waals surface area (Å²) < 4.78 is 6.19. The number of unbranched alkanes of at least 4 members (excludes halogenated alkanes) is 2. The Balaban J connectivity index is 2.12. The van der Waals surface area contributed by atoms with E-state index >= 15 is 0 Å². The lowest BCUT2D eigenvalue weighted by Gasteiger charge is -2.29. The second-order valence-corrected chi connectivity index (χ2v) is 10.6. The zero-order valence-corrected chi connectivity index (χ0v) is 22.1. The van der Waals surface area contributed by atoms with Crippen LogP contribution in [0.3, 0.4) is 0 Å². The molecule has 7 nitrogen and oxygen atoms in total. The first-order chi connectivity index (χ1) is 16.1. The fourth-order valence-corrected chi connectivity index (χ4v) is 5.06. The third-order valence-electron chi connectivity index (χ3n) is 6.98. The van der Waals surface area contributed by atoms with Gasteiger partial charge in [0.15, 0.2) is 0 Å². The lowest BCUT2D eigenvalue weighted by Crippen LogP contribution is -2.44. The number of nitrogens with zero attached hydrogens (tertiary/aromatic N) is 3. The molecular weight excluding hydrogens is 430 g/mol. The number of aliphatic carboxylic acids is 1. The normalized spacial score (nSPS) is 20.9. The molecule has 34 heavy (non-hydrogen) atoms. The first-order valence-corrected chi connectivity index (χ1v) is 12.8. The summed E-state index contributed by atoms with van der Waals surface area (Å²) in [5, 5.41) is 10.1. The average molecular weight is 477 g/mol. The van der Waals surface area contributed by atoms with E-state index in [2.05, 4.69) is 33.0 Å². The highest BCUT2D eigenvalue weighted by Gasteiger charge is 2.46. The van der Waals surface area contributed by atoms with Crippen LogP contribution in [0.5, 0.6) is 5.75 Å². The third kappa shape index (κ3) is 7.98. The first kappa shape index (κ1) is 28.1. The minimum absolute atomic E-state index is 0.122. The van der Waals surface area contributed by atoms with E-state index in [0.717, 1.165) is 61.1 Å². The molecule has 192 valence electrons. The van der Waals surface area contributed by atoms with Crippen molar-refractivity contribution in [3.63, 3.8) is 0 Å². The molecule has 0 bridgehead atoms. The summed E-state index contributed by atoms with van der Waals surface area (Å²) in [4.78, 5) is 29.8. The van der Waals surface area contributed by atoms with Crippen molar-refractivity contribution in [2.24, 2.45) is 5.92 Å². The van der Waals surface area contributed by atoms with Crippen LogP contribution < -0.4 is 4.74 Å². The van der Waals surface area contributed by atoms with Crippen LogP contribution >= 0.6 is 0 Å². The fraction of sp³-hybridized carbons (Fsp3) is 0.704. The maximum Gasteiger partial charge on any atom is 0.308 e. The monoisotopic (exact) mass is 476 g/mol. The molecule has 1 amide bonds. The van der Waals surface area contributed by atoms with Crippen LogP contribution in [-0.2, 0) is 9.59 Å². The van der Waals surface area contributed by atoms with Crippen molar-refractivity contribution in [3.05, 3.63) is 29.8 Å². The van der Waals surface area contributed by atoms with Crippen LogP contribution in [0.15, 0.2) is 24.3 Å². The lowest BCUT2D eigenvalue weighted by atomic mass is 9.84. The smallest absolute Gasteiger partial charge is 0.308 e. The number of amides is 1. The number of carbonyl (C=O) groups is 2. The minimum Gasteiger partial charge on any atom is -0.497 e. The van der Waals surface area contributed by atoms with E-state index in [1.807, 2.05) is 36.1 Å². The summed E-state index contributed by atoms with van der Waals surface area (Å²) in [5.74, 6) is -0.582. The van der Waals surface area contributed by atoms with Gasteiger partial charge in [-0.2, -0.15) is 0 Å². The van der Waals surface area contributed by atoms with Crippen LogP contribution in [0.25, 0.3) is 0 Å². The molecule has 0 aromatic heterocycles. The molecule has 3 atom stereocenters. The number of ether oxygens (including phenoxy) is 1. The Hall–Kier alpha value is -2.12. The summed E-state index contributed by atoms with van der Waals surface area (Å²) in [6, 6.07) is 7.52. The number of carbonyl (C=O) groups excluding carboxylic acids is 1. The quantitative estimate of drug-likeness (QED) is 0.328. The summed E-state index contributed by atoms with van der Waals surface area (Å²) in [6.45, 7) is 7.66. The topological polar surface area (TPSA) is 70.1 Å². The van der Waals surface area contributed by atoms with Gasteiger partial charge in [0.1, 0.15) is 5.75 Å². The van der Waals surface area contributed by atoms with Crippen molar-refractivity contribution in [2.75, 3.05) is 61.0 Å². The highest BCUT2D eigenvalue weighted by atomic mass is 16.5. The molecule has 1 aliphatic rings. The van der Waals surface area contributed by atoms with E-state index in [1.165, 1.54) is 0 Å². The Morgan fingerprint density at radius 1 is 1.09 bits per heavy atom. The Morgan fingerprint density at radius 3 is 2.26 bits per heavy atom. The molecule has 1 saturated heterocycles. The predicted molar refractivity (Wildman–Crippen MR) is 136 cm³/mol. The van der Waals surface area contributed by atoms with Gasteiger partial charge in [-0.1, -0.05) is 32.4 Å². The highest BCUT2D eigenvalue weighted by Crippen LogP contribution is 2.39. The highest BCUT2D eigenvalue weighted by molar-refractivity contribution is 5.79. The summed E-state index contributed by atoms with van der Waals surface area (Å²) in [6.07, 6.45) is 4.82. The van der Waals surface area contributed by atoms with E-state index in [9.17, 15) is 14.7 Å². The maximum absolute atomic E-state index is 13.4. The van der Waals surface area contributed by atoms with E-state index in [-0.39, 0.29) is 24.4 Å². The van der Waals surface area contributed by atoms with E-state index in [1.54, 1.807) is 7.11 Å². The first-order valence-electron chi connectivity index (χ1n) is 12.8. The number of carboxylic acid groups (broad SMARTS) is 1. The van der Waals surface area contributed by atoms with Gasteiger partial charge in [-0.15, -0.1) is 0 Å². The van der Waals surface area contributed by atoms with Gasteiger partial charge in [0.25, 0.3) is 0 Å². The Morgan fingerprint density at radius 2 is 1.74 bits per heavy atom. The van der Waals surface area contributed by atoms with Crippen molar-refractivity contribution >= 4 is 11.9 Å². The van der Waals surface area contributed by atoms with Gasteiger partial charge < -0.3 is 19.2 Å². The summed E-state index contributed by atoms with van der Waals surface area (Å²) in [7, 11) is 8.20. The molecular formula is C27H46N3O4+. The number of hydrogen-bond donors (Lipinski definition) is 1. The molecule has 0 radical (unpaired) electrons. The molecule has 0 aliphatic carbocycles. The van der Waals surface area contributed by atoms with Gasteiger partial charge in [-0.3, -0.25) is 14.5 Å². The van der Waals surface area contributed by atoms with E-state index < -0.39 is 11.9 Å². The zero-order valence-electron chi connectivity index (χ0n) is 22.1. The molecule has 1 N–H and O–H groups in total. The van der Waals surface area contributed by atoms with Crippen LogP contribution in [0.1, 0.15) is 57.4 Å². The predicted octanol–water partition coefficient (Wildman–Crippen LogP) is 3.69. The Labute approximate surface area is 206 Å². The second kappa shape index (κ2) is 13.1. The molecule has 1 aromatic carbocycles. The van der Waals surface area contributed by atoms with Crippen molar-refractivity contribution in [2.45, 2.75) is 57.9 Å². The molecule has 2 rings (SSSR count). The molecule has 0 saturated carbocycles. The molecule has 1 aromatic rings. The molecule has 0 spiro atoms. The molecule has 7 heteroatoms. The van der Waals surface area contributed by atoms with Crippen molar-refractivity contribution in [1.82, 2.24) is 9.80 Å². The van der Waals surface area contributed by atoms with Crippen molar-refractivity contribution in [3.8, 4) is 5.75 Å². The van der Waals surface area contributed by atoms with Gasteiger partial charge in [-0.05, 0) is 43.4 Å². The molecule has 1 fully saturated rings. The number of rotatable bonds is 14. The number of carboxylic acids is 1. The Kier molecular flexibility index (Phi) is 10.8. The van der Waals surface area contributed by atoms with Gasteiger partial charge in [-0.25, -0.2) is 0 Å². The maximum atomic E-state index is 13.4. The summed E-state index contributed by atoms with van der Waals surface area (Å²) in [5.41, 5.74) is 0.991. The van der Waals surface area contributed by atoms with Gasteiger partial charge >= 0.3 is 5.97 Å². The molecule has 1 aliphatic heterocycles. The van der Waals surface area contributed by atoms with E-state index in [0.29, 0.717) is 13.0 Å². The van der Waals surface area contributed by atoms with Gasteiger partial charge in [0.05, 0.1) is 47.3 Å². The van der Waals surface area contributed by atoms with E-state index in [4.69, 9.17) is 4.74 Å². The van der Waals surface area contributed by atoms with Gasteiger partial charge in [0.2, 0.25) is 5.91 Å². The minimum atomic E-state index is -0.786. The van der Waals surface area contributed by atoms with Crippen molar-refractivity contribution in [1.29, 1.82) is 0 Å². The number of methoxy groups -OCH3 is 1. The van der Waals surface area contributed by atoms with Crippen LogP contribution in [0.4, 0.5) is 0 Å². The average Bonchev–Trinajstić information content (AvgIpc) is 3.16. The standard InChI is InChI=1S/C27H45N3O4/c1-7-9-16-28(17-10-11-18-30(3,4)5)25(31)20-29-19-23(26(27(32)33)24(29)8-2)21-12-14-22(34-6)15-13-21/h12-15,23-24,26H,7-11,16-20H2,1-6H3/p+1. The van der Waals surface area contributed by atoms with Gasteiger partial charge in [0, 0.05) is 31.6 Å². The number of quaternary nitrogens is 1. The number of hydrogen-bond acceptors (Lipinski definition) is 4. The molecule has 3 unspecified atom stereocenters. The Bertz CT molecular complexity index is 775. The fourth-order valence-electron chi connectivity index (χ4n) is 5.06.